The number of likely N-dealkylation sites (N-methyl/N-ethyl adjacent to an activating group) is 1. The van der Waals surface area contributed by atoms with Gasteiger partial charge in [-0.15, -0.1) is 0 Å². The van der Waals surface area contributed by atoms with Gasteiger partial charge in [0.1, 0.15) is 12.0 Å². The van der Waals surface area contributed by atoms with Crippen LogP contribution in [0.5, 0.6) is 5.75 Å². The summed E-state index contributed by atoms with van der Waals surface area (Å²) in [5.41, 5.74) is 2.28. The normalized spacial score (nSPS) is 21.0. The third kappa shape index (κ3) is 3.48. The van der Waals surface area contributed by atoms with Crippen LogP contribution in [0, 0.1) is 6.92 Å². The molecule has 122 valence electrons. The molecule has 1 saturated carbocycles. The summed E-state index contributed by atoms with van der Waals surface area (Å²) in [5, 5.41) is 9.28. The first-order valence-electron chi connectivity index (χ1n) is 8.12. The van der Waals surface area contributed by atoms with E-state index in [1.165, 1.54) is 30.0 Å². The average molecular weight is 313 g/mol. The molecule has 0 saturated heterocycles. The van der Waals surface area contributed by atoms with Gasteiger partial charge in [-0.05, 0) is 38.3 Å². The van der Waals surface area contributed by atoms with Crippen molar-refractivity contribution >= 4 is 0 Å². The Labute approximate surface area is 136 Å². The van der Waals surface area contributed by atoms with Gasteiger partial charge in [-0.3, -0.25) is 9.69 Å². The van der Waals surface area contributed by atoms with Crippen molar-refractivity contribution in [3.63, 3.8) is 0 Å². The van der Waals surface area contributed by atoms with E-state index in [0.717, 1.165) is 12.7 Å². The Morgan fingerprint density at radius 2 is 2.00 bits per heavy atom. The molecule has 4 heteroatoms. The summed E-state index contributed by atoms with van der Waals surface area (Å²) in [6.07, 6.45) is 4.68. The smallest absolute Gasteiger partial charge is 0.226 e. The molecule has 4 nitrogen and oxygen atoms in total. The summed E-state index contributed by atoms with van der Waals surface area (Å²) < 4.78 is 5.33. The van der Waals surface area contributed by atoms with Crippen LogP contribution in [0.3, 0.4) is 0 Å². The van der Waals surface area contributed by atoms with Gasteiger partial charge in [0, 0.05) is 12.1 Å². The van der Waals surface area contributed by atoms with Crippen molar-refractivity contribution in [1.82, 2.24) is 4.90 Å². The van der Waals surface area contributed by atoms with E-state index in [4.69, 9.17) is 4.42 Å². The maximum absolute atomic E-state index is 11.5. The molecular formula is C19H23NO3. The van der Waals surface area contributed by atoms with Crippen molar-refractivity contribution in [2.24, 2.45) is 0 Å². The molecule has 0 radical (unpaired) electrons. The number of rotatable bonds is 4. The van der Waals surface area contributed by atoms with Crippen LogP contribution in [-0.2, 0) is 6.54 Å². The maximum Gasteiger partial charge on any atom is 0.226 e. The number of hydrogen-bond donors (Lipinski definition) is 1. The molecule has 23 heavy (non-hydrogen) atoms. The summed E-state index contributed by atoms with van der Waals surface area (Å²) in [4.78, 5) is 13.8. The minimum absolute atomic E-state index is 0.338. The average Bonchev–Trinajstić information content (AvgIpc) is 3.01. The van der Waals surface area contributed by atoms with Gasteiger partial charge in [0.15, 0.2) is 5.75 Å². The first-order valence-corrected chi connectivity index (χ1v) is 8.12. The number of hydrogen-bond acceptors (Lipinski definition) is 4. The number of benzene rings is 1. The summed E-state index contributed by atoms with van der Waals surface area (Å²) >= 11 is 0. The Bertz CT molecular complexity index is 720. The van der Waals surface area contributed by atoms with Crippen molar-refractivity contribution < 1.29 is 9.52 Å². The summed E-state index contributed by atoms with van der Waals surface area (Å²) in [5.74, 6) is 0.768. The zero-order valence-electron chi connectivity index (χ0n) is 13.7. The summed E-state index contributed by atoms with van der Waals surface area (Å²) in [6, 6.07) is 10.6. The quantitative estimate of drug-likeness (QED) is 0.939. The van der Waals surface area contributed by atoms with Gasteiger partial charge in [0.05, 0.1) is 6.54 Å². The number of aryl methyl sites for hydroxylation is 1. The standard InChI is InChI=1S/C19H23NO3/c1-13-6-8-14(9-7-13)16-4-3-5-17(16)20(2)11-15-10-18(21)19(22)12-23-15/h6-10,12,16-17,22H,3-5,11H2,1-2H3/t16-,17-/m0/s1. The summed E-state index contributed by atoms with van der Waals surface area (Å²) in [7, 11) is 2.07. The molecule has 3 rings (SSSR count). The predicted octanol–water partition coefficient (Wildman–Crippen LogP) is 3.42. The lowest BCUT2D eigenvalue weighted by Crippen LogP contribution is -2.33. The van der Waals surface area contributed by atoms with E-state index in [0.29, 0.717) is 24.3 Å². The van der Waals surface area contributed by atoms with Crippen molar-refractivity contribution in [2.45, 2.75) is 44.7 Å². The molecular weight excluding hydrogens is 290 g/mol. The molecule has 0 aliphatic heterocycles. The van der Waals surface area contributed by atoms with Crippen molar-refractivity contribution in [3.05, 3.63) is 63.7 Å². The van der Waals surface area contributed by atoms with Crippen LogP contribution >= 0.6 is 0 Å². The van der Waals surface area contributed by atoms with Gasteiger partial charge in [0.2, 0.25) is 5.43 Å². The Morgan fingerprint density at radius 3 is 2.70 bits per heavy atom. The van der Waals surface area contributed by atoms with Gasteiger partial charge in [-0.25, -0.2) is 0 Å². The van der Waals surface area contributed by atoms with Gasteiger partial charge < -0.3 is 9.52 Å². The summed E-state index contributed by atoms with van der Waals surface area (Å²) in [6.45, 7) is 2.68. The molecule has 1 fully saturated rings. The van der Waals surface area contributed by atoms with Crippen molar-refractivity contribution in [1.29, 1.82) is 0 Å². The minimum Gasteiger partial charge on any atom is -0.502 e. The highest BCUT2D eigenvalue weighted by molar-refractivity contribution is 5.27. The molecule has 1 aliphatic rings. The molecule has 0 bridgehead atoms. The maximum atomic E-state index is 11.5. The van der Waals surface area contributed by atoms with E-state index >= 15 is 0 Å². The highest BCUT2D eigenvalue weighted by atomic mass is 16.4. The highest BCUT2D eigenvalue weighted by Gasteiger charge is 2.31. The second-order valence-corrected chi connectivity index (χ2v) is 6.53. The van der Waals surface area contributed by atoms with Crippen LogP contribution in [0.2, 0.25) is 0 Å². The Kier molecular flexibility index (Phi) is 4.53. The third-order valence-electron chi connectivity index (χ3n) is 4.82. The Hall–Kier alpha value is -2.07. The lowest BCUT2D eigenvalue weighted by Gasteiger charge is -2.29. The molecule has 2 atom stereocenters. The molecule has 1 aromatic carbocycles. The van der Waals surface area contributed by atoms with Gasteiger partial charge in [0.25, 0.3) is 0 Å². The predicted molar refractivity (Wildman–Crippen MR) is 89.7 cm³/mol. The SMILES string of the molecule is Cc1ccc([C@@H]2CCC[C@@H]2N(C)Cc2cc(=O)c(O)co2)cc1. The van der Waals surface area contributed by atoms with Crippen LogP contribution in [0.4, 0.5) is 0 Å². The fourth-order valence-corrected chi connectivity index (χ4v) is 3.56. The number of aromatic hydroxyl groups is 1. The fraction of sp³-hybridized carbons (Fsp3) is 0.421. The van der Waals surface area contributed by atoms with E-state index in [2.05, 4.69) is 43.1 Å². The van der Waals surface area contributed by atoms with E-state index in [-0.39, 0.29) is 11.2 Å². The van der Waals surface area contributed by atoms with E-state index < -0.39 is 0 Å². The largest absolute Gasteiger partial charge is 0.502 e. The second-order valence-electron chi connectivity index (χ2n) is 6.53. The molecule has 1 heterocycles. The van der Waals surface area contributed by atoms with Gasteiger partial charge in [-0.2, -0.15) is 0 Å². The molecule has 2 aromatic rings. The van der Waals surface area contributed by atoms with E-state index in [1.807, 2.05) is 0 Å². The lowest BCUT2D eigenvalue weighted by molar-refractivity contribution is 0.201. The molecule has 1 N–H and O–H groups in total. The van der Waals surface area contributed by atoms with Crippen molar-refractivity contribution in [3.8, 4) is 5.75 Å². The lowest BCUT2D eigenvalue weighted by atomic mass is 9.92. The molecule has 1 aromatic heterocycles. The van der Waals surface area contributed by atoms with E-state index in [9.17, 15) is 9.90 Å². The van der Waals surface area contributed by atoms with Crippen LogP contribution < -0.4 is 5.43 Å². The zero-order chi connectivity index (χ0) is 16.4. The highest BCUT2D eigenvalue weighted by Crippen LogP contribution is 2.37. The first-order chi connectivity index (χ1) is 11.0. The van der Waals surface area contributed by atoms with E-state index in [1.54, 1.807) is 0 Å². The van der Waals surface area contributed by atoms with Crippen molar-refractivity contribution in [2.75, 3.05) is 7.05 Å². The zero-order valence-corrected chi connectivity index (χ0v) is 13.7. The van der Waals surface area contributed by atoms with Gasteiger partial charge in [-0.1, -0.05) is 36.2 Å². The Balaban J connectivity index is 1.75. The first kappa shape index (κ1) is 15.8. The molecule has 0 spiro atoms. The Morgan fingerprint density at radius 1 is 1.26 bits per heavy atom. The topological polar surface area (TPSA) is 53.7 Å². The van der Waals surface area contributed by atoms with Crippen LogP contribution in [-0.4, -0.2) is 23.1 Å². The minimum atomic E-state index is -0.388. The fourth-order valence-electron chi connectivity index (χ4n) is 3.56. The van der Waals surface area contributed by atoms with Crippen LogP contribution in [0.1, 0.15) is 42.1 Å². The monoisotopic (exact) mass is 313 g/mol. The molecule has 0 unspecified atom stereocenters. The number of nitrogens with zero attached hydrogens (tertiary/aromatic N) is 1. The van der Waals surface area contributed by atoms with Crippen LogP contribution in [0.15, 0.2) is 45.8 Å². The van der Waals surface area contributed by atoms with Crippen LogP contribution in [0.25, 0.3) is 0 Å². The van der Waals surface area contributed by atoms with Gasteiger partial charge >= 0.3 is 0 Å². The molecule has 0 amide bonds. The third-order valence-corrected chi connectivity index (χ3v) is 4.82. The second kappa shape index (κ2) is 6.59. The molecule has 1 aliphatic carbocycles.